The molecule has 0 spiro atoms. The molecule has 31 heavy (non-hydrogen) atoms. The molecule has 0 aliphatic heterocycles. The molecular formula is C26H31N3O2. The van der Waals surface area contributed by atoms with E-state index in [1.165, 1.54) is 25.7 Å². The first-order chi connectivity index (χ1) is 15.1. The molecule has 1 atom stereocenters. The van der Waals surface area contributed by atoms with E-state index in [-0.39, 0.29) is 17.5 Å². The van der Waals surface area contributed by atoms with Crippen LogP contribution < -0.4 is 5.56 Å². The van der Waals surface area contributed by atoms with Gasteiger partial charge < -0.3 is 4.90 Å². The molecule has 4 rings (SSSR count). The number of nitrogens with zero attached hydrogens (tertiary/aromatic N) is 3. The van der Waals surface area contributed by atoms with Crippen molar-refractivity contribution in [1.82, 2.24) is 14.5 Å². The first-order valence-corrected chi connectivity index (χ1v) is 11.5. The predicted octanol–water partition coefficient (Wildman–Crippen LogP) is 5.27. The van der Waals surface area contributed by atoms with Crippen LogP contribution >= 0.6 is 0 Å². The standard InChI is InChI=1S/C26H31N3O2/c1-3-28(24(30)18-17-20-11-7-8-12-20)19(2)25-27-23-16-10-9-15-22(23)26(31)29(25)21-13-5-4-6-14-21/h4-6,9-10,13-16,19-20H,3,7-8,11-12,17-18H2,1-2H3. The predicted molar refractivity (Wildman–Crippen MR) is 124 cm³/mol. The summed E-state index contributed by atoms with van der Waals surface area (Å²) in [5.74, 6) is 1.43. The maximum Gasteiger partial charge on any atom is 0.266 e. The van der Waals surface area contributed by atoms with E-state index in [0.29, 0.717) is 35.6 Å². The van der Waals surface area contributed by atoms with Crippen LogP contribution in [0.25, 0.3) is 16.6 Å². The molecule has 5 nitrogen and oxygen atoms in total. The maximum atomic E-state index is 13.5. The average molecular weight is 418 g/mol. The van der Waals surface area contributed by atoms with E-state index in [2.05, 4.69) is 0 Å². The molecule has 1 aliphatic rings. The SMILES string of the molecule is CCN(C(=O)CCC1CCCC1)C(C)c1nc2ccccc2c(=O)n1-c1ccccc1. The summed E-state index contributed by atoms with van der Waals surface area (Å²) in [6.07, 6.45) is 6.59. The van der Waals surface area contributed by atoms with E-state index in [1.807, 2.05) is 73.3 Å². The summed E-state index contributed by atoms with van der Waals surface area (Å²) in [6.45, 7) is 4.56. The van der Waals surface area contributed by atoms with E-state index in [0.717, 1.165) is 12.1 Å². The number of fused-ring (bicyclic) bond motifs is 1. The molecule has 3 aromatic rings. The lowest BCUT2D eigenvalue weighted by atomic mass is 10.0. The minimum atomic E-state index is -0.307. The van der Waals surface area contributed by atoms with E-state index in [1.54, 1.807) is 4.57 Å². The smallest absolute Gasteiger partial charge is 0.266 e. The Labute approximate surface area is 183 Å². The second-order valence-corrected chi connectivity index (χ2v) is 8.51. The van der Waals surface area contributed by atoms with Gasteiger partial charge in [-0.3, -0.25) is 14.2 Å². The number of carbonyl (C=O) groups is 1. The number of hydrogen-bond donors (Lipinski definition) is 0. The molecule has 1 amide bonds. The lowest BCUT2D eigenvalue weighted by Gasteiger charge is -2.30. The summed E-state index contributed by atoms with van der Waals surface area (Å²) in [5.41, 5.74) is 1.33. The van der Waals surface area contributed by atoms with Crippen molar-refractivity contribution in [1.29, 1.82) is 0 Å². The van der Waals surface area contributed by atoms with Gasteiger partial charge in [-0.25, -0.2) is 4.98 Å². The maximum absolute atomic E-state index is 13.5. The van der Waals surface area contributed by atoms with Gasteiger partial charge in [0.25, 0.3) is 5.56 Å². The second kappa shape index (κ2) is 9.46. The van der Waals surface area contributed by atoms with E-state index >= 15 is 0 Å². The normalized spacial score (nSPS) is 15.3. The quantitative estimate of drug-likeness (QED) is 0.526. The van der Waals surface area contributed by atoms with Gasteiger partial charge in [-0.15, -0.1) is 0 Å². The Balaban J connectivity index is 1.72. The fraction of sp³-hybridized carbons (Fsp3) is 0.423. The summed E-state index contributed by atoms with van der Waals surface area (Å²) in [4.78, 5) is 33.3. The van der Waals surface area contributed by atoms with Crippen molar-refractivity contribution in [2.24, 2.45) is 5.92 Å². The van der Waals surface area contributed by atoms with Crippen molar-refractivity contribution in [2.75, 3.05) is 6.54 Å². The van der Waals surface area contributed by atoms with Crippen molar-refractivity contribution in [3.05, 3.63) is 70.8 Å². The van der Waals surface area contributed by atoms with Gasteiger partial charge in [-0.1, -0.05) is 56.0 Å². The highest BCUT2D eigenvalue weighted by atomic mass is 16.2. The number of amides is 1. The Hall–Kier alpha value is -2.95. The summed E-state index contributed by atoms with van der Waals surface area (Å²) >= 11 is 0. The molecule has 1 aromatic heterocycles. The molecular weight excluding hydrogens is 386 g/mol. The number of benzene rings is 2. The number of para-hydroxylation sites is 2. The fourth-order valence-corrected chi connectivity index (χ4v) is 4.83. The lowest BCUT2D eigenvalue weighted by Crippen LogP contribution is -2.37. The van der Waals surface area contributed by atoms with Gasteiger partial charge in [-0.05, 0) is 50.5 Å². The summed E-state index contributed by atoms with van der Waals surface area (Å²) in [5, 5.41) is 0.581. The molecule has 1 fully saturated rings. The third-order valence-corrected chi connectivity index (χ3v) is 6.56. The fourth-order valence-electron chi connectivity index (χ4n) is 4.83. The molecule has 2 aromatic carbocycles. The highest BCUT2D eigenvalue weighted by Crippen LogP contribution is 2.30. The molecule has 0 radical (unpaired) electrons. The van der Waals surface area contributed by atoms with Gasteiger partial charge in [0, 0.05) is 13.0 Å². The third kappa shape index (κ3) is 4.41. The summed E-state index contributed by atoms with van der Waals surface area (Å²) < 4.78 is 1.67. The van der Waals surface area contributed by atoms with E-state index < -0.39 is 0 Å². The molecule has 1 saturated carbocycles. The van der Waals surface area contributed by atoms with Crippen LogP contribution in [0.1, 0.15) is 64.2 Å². The average Bonchev–Trinajstić information content (AvgIpc) is 3.32. The van der Waals surface area contributed by atoms with E-state index in [9.17, 15) is 9.59 Å². The Morgan fingerprint density at radius 2 is 1.77 bits per heavy atom. The topological polar surface area (TPSA) is 55.2 Å². The number of rotatable bonds is 7. The van der Waals surface area contributed by atoms with Crippen LogP contribution in [0.4, 0.5) is 0 Å². The molecule has 5 heteroatoms. The summed E-state index contributed by atoms with van der Waals surface area (Å²) in [7, 11) is 0. The first-order valence-electron chi connectivity index (χ1n) is 11.5. The van der Waals surface area contributed by atoms with Crippen molar-refractivity contribution in [3.63, 3.8) is 0 Å². The van der Waals surface area contributed by atoms with Gasteiger partial charge >= 0.3 is 0 Å². The van der Waals surface area contributed by atoms with Crippen molar-refractivity contribution in [2.45, 2.75) is 58.4 Å². The van der Waals surface area contributed by atoms with Gasteiger partial charge in [0.2, 0.25) is 5.91 Å². The lowest BCUT2D eigenvalue weighted by molar-refractivity contribution is -0.133. The Kier molecular flexibility index (Phi) is 6.50. The monoisotopic (exact) mass is 417 g/mol. The number of carbonyl (C=O) groups excluding carboxylic acids is 1. The zero-order valence-electron chi connectivity index (χ0n) is 18.5. The molecule has 162 valence electrons. The van der Waals surface area contributed by atoms with E-state index in [4.69, 9.17) is 4.98 Å². The molecule has 0 bridgehead atoms. The number of aromatic nitrogens is 2. The zero-order chi connectivity index (χ0) is 21.8. The van der Waals surface area contributed by atoms with Crippen LogP contribution in [0.15, 0.2) is 59.4 Å². The van der Waals surface area contributed by atoms with Crippen molar-refractivity contribution >= 4 is 16.8 Å². The van der Waals surface area contributed by atoms with Crippen molar-refractivity contribution in [3.8, 4) is 5.69 Å². The first kappa shape index (κ1) is 21.3. The molecule has 1 aliphatic carbocycles. The van der Waals surface area contributed by atoms with Gasteiger partial charge in [0.1, 0.15) is 5.82 Å². The highest BCUT2D eigenvalue weighted by molar-refractivity contribution is 5.79. The molecule has 0 saturated heterocycles. The van der Waals surface area contributed by atoms with Gasteiger partial charge in [0.05, 0.1) is 22.6 Å². The minimum absolute atomic E-state index is 0.104. The highest BCUT2D eigenvalue weighted by Gasteiger charge is 2.26. The third-order valence-electron chi connectivity index (χ3n) is 6.56. The van der Waals surface area contributed by atoms with Gasteiger partial charge in [-0.2, -0.15) is 0 Å². The Morgan fingerprint density at radius 1 is 1.10 bits per heavy atom. The molecule has 0 N–H and O–H groups in total. The van der Waals surface area contributed by atoms with Crippen LogP contribution in [0, 0.1) is 5.92 Å². The van der Waals surface area contributed by atoms with Crippen LogP contribution in [0.5, 0.6) is 0 Å². The Morgan fingerprint density at radius 3 is 2.48 bits per heavy atom. The van der Waals surface area contributed by atoms with Gasteiger partial charge in [0.15, 0.2) is 0 Å². The minimum Gasteiger partial charge on any atom is -0.333 e. The van der Waals surface area contributed by atoms with Crippen LogP contribution in [-0.4, -0.2) is 26.9 Å². The number of hydrogen-bond acceptors (Lipinski definition) is 3. The van der Waals surface area contributed by atoms with Crippen LogP contribution in [0.3, 0.4) is 0 Å². The van der Waals surface area contributed by atoms with Crippen LogP contribution in [-0.2, 0) is 4.79 Å². The molecule has 1 heterocycles. The Bertz CT molecular complexity index is 1100. The largest absolute Gasteiger partial charge is 0.333 e. The molecule has 1 unspecified atom stereocenters. The van der Waals surface area contributed by atoms with Crippen LogP contribution in [0.2, 0.25) is 0 Å². The zero-order valence-corrected chi connectivity index (χ0v) is 18.5. The second-order valence-electron chi connectivity index (χ2n) is 8.51. The van der Waals surface area contributed by atoms with Crippen molar-refractivity contribution < 1.29 is 4.79 Å². The summed E-state index contributed by atoms with van der Waals surface area (Å²) in [6, 6.07) is 16.7.